The molecule has 1 aromatic heterocycles. The van der Waals surface area contributed by atoms with Crippen LogP contribution in [0.3, 0.4) is 0 Å². The van der Waals surface area contributed by atoms with Crippen molar-refractivity contribution in [3.8, 4) is 0 Å². The summed E-state index contributed by atoms with van der Waals surface area (Å²) in [6, 6.07) is 6.20. The Morgan fingerprint density at radius 2 is 1.74 bits per heavy atom. The number of unbranched alkanes of at least 4 members (excludes halogenated alkanes) is 1. The molecule has 2 amide bonds. The largest absolute Gasteiger partial charge is 0.390 e. The number of anilines is 1. The van der Waals surface area contributed by atoms with Crippen molar-refractivity contribution in [1.82, 2.24) is 25.3 Å². The number of halogens is 2. The van der Waals surface area contributed by atoms with Gasteiger partial charge in [-0.1, -0.05) is 25.5 Å². The Kier molecular flexibility index (Phi) is 12.9. The smallest absolute Gasteiger partial charge is 0.248 e. The van der Waals surface area contributed by atoms with Gasteiger partial charge in [0, 0.05) is 49.8 Å². The standard InChI is InChI=1S/C31H46N6O6S.2ClH/c1-5-6-15-37-29(39)26(28(38)23-11-18-43-19-12-23)32-30(40)31(37)13-16-36(17-14-31)27(25-20(2)33-34-21(25)3)22-7-9-24(10-8-22)35-44(4,41)42;;/h7-10,23,26-28,35,38H,5-6,11-19H2,1-4H3,(H,32,40)(H,33,34);2*1H/t26-,27?,28-;;/m1../s1. The van der Waals surface area contributed by atoms with Crippen molar-refractivity contribution < 1.29 is 27.9 Å². The van der Waals surface area contributed by atoms with E-state index in [9.17, 15) is 23.1 Å². The molecule has 15 heteroatoms. The van der Waals surface area contributed by atoms with Crippen LogP contribution in [0.4, 0.5) is 5.69 Å². The van der Waals surface area contributed by atoms with Crippen molar-refractivity contribution in [3.05, 3.63) is 46.8 Å². The van der Waals surface area contributed by atoms with Crippen molar-refractivity contribution in [1.29, 1.82) is 0 Å². The zero-order valence-electron chi connectivity index (χ0n) is 27.0. The van der Waals surface area contributed by atoms with Crippen LogP contribution in [0, 0.1) is 19.8 Å². The van der Waals surface area contributed by atoms with Crippen molar-refractivity contribution in [2.45, 2.75) is 83.0 Å². The number of nitrogens with zero attached hydrogens (tertiary/aromatic N) is 3. The summed E-state index contributed by atoms with van der Waals surface area (Å²) in [5.74, 6) is -0.479. The predicted octanol–water partition coefficient (Wildman–Crippen LogP) is 3.08. The molecule has 1 unspecified atom stereocenters. The van der Waals surface area contributed by atoms with Crippen molar-refractivity contribution in [2.24, 2.45) is 5.92 Å². The van der Waals surface area contributed by atoms with Crippen LogP contribution in [0.1, 0.15) is 74.0 Å². The van der Waals surface area contributed by atoms with E-state index in [4.69, 9.17) is 4.74 Å². The van der Waals surface area contributed by atoms with Gasteiger partial charge in [0.05, 0.1) is 24.1 Å². The third kappa shape index (κ3) is 7.82. The number of carbonyl (C=O) groups is 2. The Morgan fingerprint density at radius 1 is 1.11 bits per heavy atom. The highest BCUT2D eigenvalue weighted by atomic mass is 35.5. The summed E-state index contributed by atoms with van der Waals surface area (Å²) in [6.45, 7) is 8.67. The fourth-order valence-corrected chi connectivity index (χ4v) is 7.72. The van der Waals surface area contributed by atoms with Crippen molar-refractivity contribution in [3.63, 3.8) is 0 Å². The Balaban J connectivity index is 0.00000288. The zero-order chi connectivity index (χ0) is 31.6. The van der Waals surface area contributed by atoms with Crippen LogP contribution in [-0.2, 0) is 24.3 Å². The topological polar surface area (TPSA) is 157 Å². The van der Waals surface area contributed by atoms with Crippen molar-refractivity contribution in [2.75, 3.05) is 43.8 Å². The van der Waals surface area contributed by atoms with Crippen LogP contribution in [0.2, 0.25) is 0 Å². The maximum atomic E-state index is 14.0. The number of H-pyrrole nitrogens is 1. The molecule has 3 atom stereocenters. The summed E-state index contributed by atoms with van der Waals surface area (Å²) in [4.78, 5) is 32.1. The van der Waals surface area contributed by atoms with E-state index in [0.717, 1.165) is 41.6 Å². The molecular formula is C31H48Cl2N6O6S. The van der Waals surface area contributed by atoms with Crippen LogP contribution >= 0.6 is 24.8 Å². The number of hydrogen-bond donors (Lipinski definition) is 4. The predicted molar refractivity (Wildman–Crippen MR) is 181 cm³/mol. The van der Waals surface area contributed by atoms with Gasteiger partial charge in [0.2, 0.25) is 21.8 Å². The first-order valence-electron chi connectivity index (χ1n) is 15.7. The van der Waals surface area contributed by atoms with Crippen LogP contribution in [-0.4, -0.2) is 102 Å². The van der Waals surface area contributed by atoms with Crippen molar-refractivity contribution >= 4 is 52.3 Å². The van der Waals surface area contributed by atoms with E-state index in [1.165, 1.54) is 0 Å². The molecule has 2 aromatic rings. The minimum absolute atomic E-state index is 0. The van der Waals surface area contributed by atoms with E-state index >= 15 is 0 Å². The molecule has 4 heterocycles. The molecule has 3 fully saturated rings. The van der Waals surface area contributed by atoms with Gasteiger partial charge in [-0.25, -0.2) is 8.42 Å². The van der Waals surface area contributed by atoms with Crippen LogP contribution in [0.25, 0.3) is 0 Å². The number of hydrogen-bond acceptors (Lipinski definition) is 8. The zero-order valence-corrected chi connectivity index (χ0v) is 29.4. The number of sulfonamides is 1. The molecular weight excluding hydrogens is 655 g/mol. The first-order chi connectivity index (χ1) is 20.9. The van der Waals surface area contributed by atoms with Gasteiger partial charge in [-0.15, -0.1) is 24.8 Å². The number of aliphatic hydroxyl groups is 1. The first-order valence-corrected chi connectivity index (χ1v) is 17.6. The van der Waals surface area contributed by atoms with Crippen LogP contribution in [0.15, 0.2) is 24.3 Å². The average molecular weight is 704 g/mol. The quantitative estimate of drug-likeness (QED) is 0.294. The Labute approximate surface area is 284 Å². The minimum atomic E-state index is -3.41. The number of aromatic amines is 1. The molecule has 5 rings (SSSR count). The summed E-state index contributed by atoms with van der Waals surface area (Å²) in [5, 5.41) is 21.7. The van der Waals surface area contributed by atoms with E-state index in [1.54, 1.807) is 17.0 Å². The fraction of sp³-hybridized carbons (Fsp3) is 0.645. The van der Waals surface area contributed by atoms with E-state index in [0.29, 0.717) is 64.2 Å². The number of nitrogens with one attached hydrogen (secondary N) is 3. The second-order valence-electron chi connectivity index (χ2n) is 12.5. The Hall–Kier alpha value is -2.42. The second-order valence-corrected chi connectivity index (χ2v) is 14.3. The lowest BCUT2D eigenvalue weighted by molar-refractivity contribution is -0.166. The average Bonchev–Trinajstić information content (AvgIpc) is 3.33. The van der Waals surface area contributed by atoms with E-state index in [2.05, 4.69) is 32.1 Å². The molecule has 258 valence electrons. The summed E-state index contributed by atoms with van der Waals surface area (Å²) in [6.07, 6.45) is 4.05. The summed E-state index contributed by atoms with van der Waals surface area (Å²) in [7, 11) is -3.41. The number of ether oxygens (including phenoxy) is 1. The number of benzene rings is 1. The third-order valence-corrected chi connectivity index (χ3v) is 10.2. The molecule has 46 heavy (non-hydrogen) atoms. The van der Waals surface area contributed by atoms with Gasteiger partial charge in [0.25, 0.3) is 0 Å². The van der Waals surface area contributed by atoms with Crippen LogP contribution < -0.4 is 10.0 Å². The fourth-order valence-electron chi connectivity index (χ4n) is 7.16. The number of carbonyl (C=O) groups excluding carboxylic acids is 2. The highest BCUT2D eigenvalue weighted by Crippen LogP contribution is 2.40. The highest BCUT2D eigenvalue weighted by molar-refractivity contribution is 7.92. The molecule has 12 nitrogen and oxygen atoms in total. The second kappa shape index (κ2) is 15.7. The van der Waals surface area contributed by atoms with Gasteiger partial charge in [-0.2, -0.15) is 5.10 Å². The lowest BCUT2D eigenvalue weighted by Gasteiger charge is -2.53. The molecule has 3 aliphatic heterocycles. The molecule has 3 saturated heterocycles. The minimum Gasteiger partial charge on any atom is -0.390 e. The molecule has 0 radical (unpaired) electrons. The number of aryl methyl sites for hydroxylation is 2. The highest BCUT2D eigenvalue weighted by Gasteiger charge is 2.55. The maximum Gasteiger partial charge on any atom is 0.248 e. The monoisotopic (exact) mass is 702 g/mol. The number of piperazine rings is 1. The van der Waals surface area contributed by atoms with Gasteiger partial charge in [0.1, 0.15) is 11.6 Å². The molecule has 0 saturated carbocycles. The molecule has 3 aliphatic rings. The number of aliphatic hydroxyl groups excluding tert-OH is 1. The van der Waals surface area contributed by atoms with Gasteiger partial charge in [0.15, 0.2) is 0 Å². The number of piperidine rings is 1. The SMILES string of the molecule is CCCCN1C(=O)[C@@H]([C@H](O)C2CCOCC2)NC(=O)C12CCN(C(c1ccc(NS(C)(=O)=O)cc1)c1c(C)n[nH]c1C)CC2.Cl.Cl. The maximum absolute atomic E-state index is 14.0. The lowest BCUT2D eigenvalue weighted by atomic mass is 9.78. The third-order valence-electron chi connectivity index (χ3n) is 9.56. The number of rotatable bonds is 10. The molecule has 1 spiro atoms. The van der Waals surface area contributed by atoms with Gasteiger partial charge >= 0.3 is 0 Å². The van der Waals surface area contributed by atoms with E-state index in [1.807, 2.05) is 26.0 Å². The normalized spacial score (nSPS) is 22.0. The summed E-state index contributed by atoms with van der Waals surface area (Å²) < 4.78 is 31.5. The Bertz CT molecular complexity index is 1420. The molecule has 4 N–H and O–H groups in total. The molecule has 1 aromatic carbocycles. The first kappa shape index (κ1) is 38.0. The molecule has 0 aliphatic carbocycles. The number of aromatic nitrogens is 2. The summed E-state index contributed by atoms with van der Waals surface area (Å²) >= 11 is 0. The van der Waals surface area contributed by atoms with E-state index < -0.39 is 27.7 Å². The molecule has 0 bridgehead atoms. The van der Waals surface area contributed by atoms with Gasteiger partial charge in [-0.3, -0.25) is 24.3 Å². The number of amides is 2. The van der Waals surface area contributed by atoms with Crippen LogP contribution in [0.5, 0.6) is 0 Å². The lowest BCUT2D eigenvalue weighted by Crippen LogP contribution is -2.75. The van der Waals surface area contributed by atoms with Gasteiger partial charge < -0.3 is 20.1 Å². The Morgan fingerprint density at radius 3 is 2.28 bits per heavy atom. The van der Waals surface area contributed by atoms with E-state index in [-0.39, 0.29) is 48.6 Å². The number of likely N-dealkylation sites (tertiary alicyclic amines) is 1. The van der Waals surface area contributed by atoms with Gasteiger partial charge in [-0.05, 0) is 69.6 Å². The summed E-state index contributed by atoms with van der Waals surface area (Å²) in [5.41, 5.74) is 3.31.